The molecule has 1 aromatic carbocycles. The van der Waals surface area contributed by atoms with Gasteiger partial charge < -0.3 is 4.74 Å². The van der Waals surface area contributed by atoms with Crippen molar-refractivity contribution in [3.8, 4) is 5.75 Å². The number of hydrogen-bond donors (Lipinski definition) is 1. The Labute approximate surface area is 100 Å². The third-order valence-corrected chi connectivity index (χ3v) is 4.54. The summed E-state index contributed by atoms with van der Waals surface area (Å²) < 4.78 is 31.5. The van der Waals surface area contributed by atoms with Gasteiger partial charge in [-0.2, -0.15) is 8.42 Å². The summed E-state index contributed by atoms with van der Waals surface area (Å²) in [5.41, 5.74) is 2.05. The first-order valence-corrected chi connectivity index (χ1v) is 6.76. The molecule has 1 unspecified atom stereocenters. The van der Waals surface area contributed by atoms with E-state index >= 15 is 0 Å². The van der Waals surface area contributed by atoms with E-state index < -0.39 is 15.4 Å². The van der Waals surface area contributed by atoms with Gasteiger partial charge in [0, 0.05) is 0 Å². The Morgan fingerprint density at radius 1 is 1.35 bits per heavy atom. The van der Waals surface area contributed by atoms with Crippen molar-refractivity contribution in [3.63, 3.8) is 0 Å². The lowest BCUT2D eigenvalue weighted by Crippen LogP contribution is -2.29. The van der Waals surface area contributed by atoms with Crippen molar-refractivity contribution in [3.05, 3.63) is 29.3 Å². The SMILES string of the molecule is COc1ccc2c(c1)CCC(S(=O)(=O)OO)C2. The molecule has 0 aliphatic heterocycles. The molecule has 6 heteroatoms. The maximum absolute atomic E-state index is 11.4. The number of ether oxygens (including phenoxy) is 1. The normalized spacial score (nSPS) is 19.8. The molecule has 2 rings (SSSR count). The second-order valence-corrected chi connectivity index (χ2v) is 5.87. The fraction of sp³-hybridized carbons (Fsp3) is 0.455. The van der Waals surface area contributed by atoms with Gasteiger partial charge in [-0.3, -0.25) is 0 Å². The van der Waals surface area contributed by atoms with Crippen LogP contribution in [-0.2, 0) is 27.3 Å². The number of aryl methyl sites for hydroxylation is 1. The smallest absolute Gasteiger partial charge is 0.296 e. The molecule has 94 valence electrons. The first-order chi connectivity index (χ1) is 8.06. The Morgan fingerprint density at radius 2 is 2.12 bits per heavy atom. The van der Waals surface area contributed by atoms with E-state index in [-0.39, 0.29) is 0 Å². The lowest BCUT2D eigenvalue weighted by Gasteiger charge is -2.23. The van der Waals surface area contributed by atoms with E-state index in [1.165, 1.54) is 0 Å². The summed E-state index contributed by atoms with van der Waals surface area (Å²) in [5, 5.41) is 7.70. The molecule has 1 aromatic rings. The van der Waals surface area contributed by atoms with Gasteiger partial charge >= 0.3 is 0 Å². The van der Waals surface area contributed by atoms with E-state index in [4.69, 9.17) is 9.99 Å². The van der Waals surface area contributed by atoms with Crippen LogP contribution in [0, 0.1) is 0 Å². The van der Waals surface area contributed by atoms with Crippen LogP contribution in [0.4, 0.5) is 0 Å². The Hall–Kier alpha value is -1.11. The molecule has 5 nitrogen and oxygen atoms in total. The maximum Gasteiger partial charge on any atom is 0.296 e. The van der Waals surface area contributed by atoms with Crippen LogP contribution in [0.2, 0.25) is 0 Å². The third-order valence-electron chi connectivity index (χ3n) is 3.11. The van der Waals surface area contributed by atoms with Crippen molar-refractivity contribution < 1.29 is 22.7 Å². The number of fused-ring (bicyclic) bond motifs is 1. The van der Waals surface area contributed by atoms with E-state index in [0.29, 0.717) is 19.3 Å². The fourth-order valence-electron chi connectivity index (χ4n) is 2.13. The Bertz CT molecular complexity index is 509. The van der Waals surface area contributed by atoms with Crippen LogP contribution in [0.25, 0.3) is 0 Å². The van der Waals surface area contributed by atoms with Crippen molar-refractivity contribution in [2.75, 3.05) is 7.11 Å². The molecule has 17 heavy (non-hydrogen) atoms. The van der Waals surface area contributed by atoms with E-state index in [2.05, 4.69) is 4.33 Å². The molecule has 1 aliphatic rings. The second-order valence-electron chi connectivity index (χ2n) is 4.07. The Balaban J connectivity index is 2.26. The molecule has 0 amide bonds. The first kappa shape index (κ1) is 12.3. The van der Waals surface area contributed by atoms with Gasteiger partial charge in [-0.1, -0.05) is 6.07 Å². The van der Waals surface area contributed by atoms with E-state index in [1.807, 2.05) is 12.1 Å². The highest BCUT2D eigenvalue weighted by molar-refractivity contribution is 7.87. The molecule has 0 bridgehead atoms. The van der Waals surface area contributed by atoms with Crippen molar-refractivity contribution in [2.24, 2.45) is 0 Å². The van der Waals surface area contributed by atoms with Crippen molar-refractivity contribution in [1.29, 1.82) is 0 Å². The molecule has 1 N–H and O–H groups in total. The second kappa shape index (κ2) is 4.64. The van der Waals surface area contributed by atoms with Crippen LogP contribution in [0.3, 0.4) is 0 Å². The summed E-state index contributed by atoms with van der Waals surface area (Å²) in [7, 11) is -2.26. The molecule has 1 atom stereocenters. The molecular weight excluding hydrogens is 244 g/mol. The predicted octanol–water partition coefficient (Wildman–Crippen LogP) is 1.37. The van der Waals surface area contributed by atoms with Gasteiger partial charge in [0.1, 0.15) is 5.75 Å². The Kier molecular flexibility index (Phi) is 3.37. The van der Waals surface area contributed by atoms with Crippen molar-refractivity contribution >= 4 is 10.1 Å². The quantitative estimate of drug-likeness (QED) is 0.655. The topological polar surface area (TPSA) is 72.8 Å². The number of methoxy groups -OCH3 is 1. The molecule has 0 saturated carbocycles. The molecule has 0 aromatic heterocycles. The molecule has 0 spiro atoms. The predicted molar refractivity (Wildman–Crippen MR) is 61.4 cm³/mol. The summed E-state index contributed by atoms with van der Waals surface area (Å²) in [4.78, 5) is 0. The zero-order valence-corrected chi connectivity index (χ0v) is 10.2. The first-order valence-electron chi connectivity index (χ1n) is 5.29. The van der Waals surface area contributed by atoms with Crippen LogP contribution in [0.1, 0.15) is 17.5 Å². The summed E-state index contributed by atoms with van der Waals surface area (Å²) in [6, 6.07) is 5.57. The number of benzene rings is 1. The zero-order valence-electron chi connectivity index (χ0n) is 9.42. The zero-order chi connectivity index (χ0) is 12.5. The fourth-order valence-corrected chi connectivity index (χ4v) is 3.04. The number of rotatable bonds is 3. The summed E-state index contributed by atoms with van der Waals surface area (Å²) in [6.45, 7) is 0. The molecule has 0 saturated heterocycles. The largest absolute Gasteiger partial charge is 0.497 e. The van der Waals surface area contributed by atoms with E-state index in [9.17, 15) is 8.42 Å². The van der Waals surface area contributed by atoms with E-state index in [1.54, 1.807) is 13.2 Å². The lowest BCUT2D eigenvalue weighted by atomic mass is 9.91. The van der Waals surface area contributed by atoms with Crippen LogP contribution >= 0.6 is 0 Å². The van der Waals surface area contributed by atoms with Crippen LogP contribution in [0.5, 0.6) is 5.75 Å². The van der Waals surface area contributed by atoms with E-state index in [0.717, 1.165) is 16.9 Å². The van der Waals surface area contributed by atoms with Crippen molar-refractivity contribution in [1.82, 2.24) is 0 Å². The monoisotopic (exact) mass is 258 g/mol. The minimum atomic E-state index is -3.86. The van der Waals surface area contributed by atoms with Gasteiger partial charge in [-0.25, -0.2) is 5.26 Å². The van der Waals surface area contributed by atoms with Crippen LogP contribution in [0.15, 0.2) is 18.2 Å². The van der Waals surface area contributed by atoms with Crippen molar-refractivity contribution in [2.45, 2.75) is 24.5 Å². The maximum atomic E-state index is 11.4. The average molecular weight is 258 g/mol. The highest BCUT2D eigenvalue weighted by Crippen LogP contribution is 2.28. The summed E-state index contributed by atoms with van der Waals surface area (Å²) >= 11 is 0. The Morgan fingerprint density at radius 3 is 2.76 bits per heavy atom. The minimum absolute atomic E-state index is 0.363. The van der Waals surface area contributed by atoms with Gasteiger partial charge in [0.25, 0.3) is 10.1 Å². The minimum Gasteiger partial charge on any atom is -0.497 e. The number of hydrogen-bond acceptors (Lipinski definition) is 5. The summed E-state index contributed by atoms with van der Waals surface area (Å²) in [5.74, 6) is 0.767. The average Bonchev–Trinajstić information content (AvgIpc) is 2.37. The van der Waals surface area contributed by atoms with Crippen LogP contribution in [-0.4, -0.2) is 26.0 Å². The standard InChI is InChI=1S/C11H14O5S/c1-15-10-4-2-9-7-11(17(13,14)16-12)5-3-8(9)6-10/h2,4,6,11-12H,3,5,7H2,1H3. The molecule has 0 fully saturated rings. The molecule has 1 aliphatic carbocycles. The summed E-state index contributed by atoms with van der Waals surface area (Å²) in [6.07, 6.45) is 1.45. The highest BCUT2D eigenvalue weighted by atomic mass is 32.2. The third kappa shape index (κ3) is 2.43. The van der Waals surface area contributed by atoms with Gasteiger partial charge in [0.05, 0.1) is 12.4 Å². The van der Waals surface area contributed by atoms with Gasteiger partial charge in [-0.05, 0) is 42.5 Å². The molecule has 0 radical (unpaired) electrons. The lowest BCUT2D eigenvalue weighted by molar-refractivity contribution is -0.131. The van der Waals surface area contributed by atoms with Crippen LogP contribution < -0.4 is 4.74 Å². The van der Waals surface area contributed by atoms with Gasteiger partial charge in [0.2, 0.25) is 0 Å². The molecule has 0 heterocycles. The molecular formula is C11H14O5S. The van der Waals surface area contributed by atoms with Gasteiger partial charge in [-0.15, -0.1) is 4.33 Å². The van der Waals surface area contributed by atoms with Gasteiger partial charge in [0.15, 0.2) is 0 Å². The highest BCUT2D eigenvalue weighted by Gasteiger charge is 2.30.